The quantitative estimate of drug-likeness (QED) is 0.524. The van der Waals surface area contributed by atoms with E-state index in [1.165, 1.54) is 13.0 Å². The minimum absolute atomic E-state index is 0.134. The molecule has 2 saturated heterocycles. The molecule has 3 rings (SSSR count). The highest BCUT2D eigenvalue weighted by molar-refractivity contribution is 5.98. The normalized spacial score (nSPS) is 27.7. The molecule has 0 radical (unpaired) electrons. The van der Waals surface area contributed by atoms with Gasteiger partial charge in [0, 0.05) is 23.8 Å². The number of fused-ring (bicyclic) bond motifs is 2. The van der Waals surface area contributed by atoms with Gasteiger partial charge in [-0.3, -0.25) is 14.9 Å². The first kappa shape index (κ1) is 14.0. The van der Waals surface area contributed by atoms with Crippen molar-refractivity contribution < 1.29 is 14.8 Å². The van der Waals surface area contributed by atoms with E-state index in [2.05, 4.69) is 4.90 Å². The van der Waals surface area contributed by atoms with Crippen molar-refractivity contribution in [3.8, 4) is 0 Å². The lowest BCUT2D eigenvalue weighted by atomic mass is 9.98. The van der Waals surface area contributed by atoms with E-state index in [1.54, 1.807) is 12.1 Å². The van der Waals surface area contributed by atoms with Crippen molar-refractivity contribution in [2.75, 3.05) is 4.90 Å². The van der Waals surface area contributed by atoms with E-state index < -0.39 is 4.92 Å². The van der Waals surface area contributed by atoms with Gasteiger partial charge < -0.3 is 10.0 Å². The molecule has 2 unspecified atom stereocenters. The number of nitro groups is 1. The number of Topliss-reactive ketones (excluding diaryl/α,β-unsaturated/α-hetero) is 1. The van der Waals surface area contributed by atoms with Gasteiger partial charge in [-0.05, 0) is 44.7 Å². The molecule has 0 spiro atoms. The molecule has 0 saturated carbocycles. The van der Waals surface area contributed by atoms with Crippen LogP contribution in [-0.2, 0) is 0 Å². The van der Waals surface area contributed by atoms with E-state index in [4.69, 9.17) is 0 Å². The molecule has 6 nitrogen and oxygen atoms in total. The number of anilines is 1. The summed E-state index contributed by atoms with van der Waals surface area (Å²) in [6.07, 6.45) is 3.15. The molecule has 6 heteroatoms. The van der Waals surface area contributed by atoms with Crippen LogP contribution in [0.25, 0.3) is 0 Å². The number of carbonyl (C=O) groups excluding carboxylic acids is 1. The summed E-state index contributed by atoms with van der Waals surface area (Å²) in [5.74, 6) is -0.301. The van der Waals surface area contributed by atoms with Gasteiger partial charge in [0.2, 0.25) is 0 Å². The average Bonchev–Trinajstić information content (AvgIpc) is 2.70. The van der Waals surface area contributed by atoms with Gasteiger partial charge in [0.1, 0.15) is 0 Å². The number of ketones is 1. The molecule has 1 aromatic carbocycles. The number of nitrogens with zero attached hydrogens (tertiary/aromatic N) is 2. The molecule has 2 aliphatic rings. The third-order valence-electron chi connectivity index (χ3n) is 4.56. The molecule has 112 valence electrons. The number of aliphatic hydroxyl groups is 1. The van der Waals surface area contributed by atoms with Gasteiger partial charge in [-0.1, -0.05) is 0 Å². The van der Waals surface area contributed by atoms with E-state index >= 15 is 0 Å². The van der Waals surface area contributed by atoms with E-state index in [1.807, 2.05) is 0 Å². The fourth-order valence-electron chi connectivity index (χ4n) is 3.70. The number of hydrogen-bond donors (Lipinski definition) is 1. The number of nitro benzene ring substituents is 1. The van der Waals surface area contributed by atoms with Crippen LogP contribution in [0.1, 0.15) is 43.0 Å². The molecule has 21 heavy (non-hydrogen) atoms. The molecule has 2 aliphatic heterocycles. The maximum absolute atomic E-state index is 11.5. The Kier molecular flexibility index (Phi) is 3.41. The Morgan fingerprint density at radius 1 is 1.33 bits per heavy atom. The van der Waals surface area contributed by atoms with Crippen LogP contribution in [0.2, 0.25) is 0 Å². The van der Waals surface area contributed by atoms with Crippen LogP contribution in [0.3, 0.4) is 0 Å². The van der Waals surface area contributed by atoms with Crippen molar-refractivity contribution in [1.29, 1.82) is 0 Å². The first-order chi connectivity index (χ1) is 9.97. The minimum Gasteiger partial charge on any atom is -0.393 e. The fourth-order valence-corrected chi connectivity index (χ4v) is 3.70. The van der Waals surface area contributed by atoms with Crippen molar-refractivity contribution >= 4 is 17.2 Å². The highest BCUT2D eigenvalue weighted by Gasteiger charge is 2.40. The van der Waals surface area contributed by atoms with Crippen LogP contribution in [0.4, 0.5) is 11.4 Å². The molecule has 0 aromatic heterocycles. The predicted molar refractivity (Wildman–Crippen MR) is 77.6 cm³/mol. The Morgan fingerprint density at radius 2 is 1.95 bits per heavy atom. The van der Waals surface area contributed by atoms with Crippen molar-refractivity contribution in [3.63, 3.8) is 0 Å². The van der Waals surface area contributed by atoms with Crippen LogP contribution >= 0.6 is 0 Å². The summed E-state index contributed by atoms with van der Waals surface area (Å²) < 4.78 is 0. The standard InChI is InChI=1S/C15H18N2O4/c1-9(18)14-5-4-12(8-15(14)17(20)21)16-10-2-3-11(16)7-13(19)6-10/h4-5,8,10-11,13,19H,2-3,6-7H2,1H3. The third kappa shape index (κ3) is 2.40. The van der Waals surface area contributed by atoms with Crippen LogP contribution in [0, 0.1) is 10.1 Å². The summed E-state index contributed by atoms with van der Waals surface area (Å²) in [5, 5.41) is 21.0. The predicted octanol–water partition coefficient (Wildman–Crippen LogP) is 2.29. The SMILES string of the molecule is CC(=O)c1ccc(N2C3CCC2CC(O)C3)cc1[N+](=O)[O-]. The lowest BCUT2D eigenvalue weighted by molar-refractivity contribution is -0.385. The summed E-state index contributed by atoms with van der Waals surface area (Å²) in [6, 6.07) is 5.30. The number of rotatable bonds is 3. The number of benzene rings is 1. The first-order valence-electron chi connectivity index (χ1n) is 7.23. The van der Waals surface area contributed by atoms with Gasteiger partial charge in [-0.2, -0.15) is 0 Å². The zero-order chi connectivity index (χ0) is 15.1. The Labute approximate surface area is 122 Å². The molecule has 0 amide bonds. The second-order valence-corrected chi connectivity index (χ2v) is 5.93. The highest BCUT2D eigenvalue weighted by Crippen LogP contribution is 2.40. The summed E-state index contributed by atoms with van der Waals surface area (Å²) >= 11 is 0. The molecule has 1 aromatic rings. The Bertz CT molecular complexity index is 587. The lowest BCUT2D eigenvalue weighted by Gasteiger charge is -2.39. The molecule has 2 fully saturated rings. The molecule has 2 atom stereocenters. The highest BCUT2D eigenvalue weighted by atomic mass is 16.6. The van der Waals surface area contributed by atoms with Gasteiger partial charge in [0.05, 0.1) is 16.6 Å². The second-order valence-electron chi connectivity index (χ2n) is 5.93. The number of aliphatic hydroxyl groups excluding tert-OH is 1. The molecule has 2 bridgehead atoms. The van der Waals surface area contributed by atoms with E-state index in [-0.39, 0.29) is 35.2 Å². The molecular formula is C15H18N2O4. The molecule has 0 aliphatic carbocycles. The maximum Gasteiger partial charge on any atom is 0.282 e. The zero-order valence-corrected chi connectivity index (χ0v) is 11.9. The Balaban J connectivity index is 1.99. The fraction of sp³-hybridized carbons (Fsp3) is 0.533. The summed E-state index contributed by atoms with van der Waals surface area (Å²) in [4.78, 5) is 24.4. The Morgan fingerprint density at radius 3 is 2.48 bits per heavy atom. The second kappa shape index (κ2) is 5.11. The number of hydrogen-bond acceptors (Lipinski definition) is 5. The lowest BCUT2D eigenvalue weighted by Crippen LogP contribution is -2.44. The zero-order valence-electron chi connectivity index (χ0n) is 11.9. The molecule has 2 heterocycles. The maximum atomic E-state index is 11.5. The van der Waals surface area contributed by atoms with Gasteiger partial charge in [0.15, 0.2) is 5.78 Å². The van der Waals surface area contributed by atoms with Crippen molar-refractivity contribution in [3.05, 3.63) is 33.9 Å². The van der Waals surface area contributed by atoms with Crippen LogP contribution < -0.4 is 4.90 Å². The number of piperidine rings is 1. The summed E-state index contributed by atoms with van der Waals surface area (Å²) in [5.41, 5.74) is 0.796. The van der Waals surface area contributed by atoms with Crippen molar-refractivity contribution in [1.82, 2.24) is 0 Å². The summed E-state index contributed by atoms with van der Waals surface area (Å²) in [6.45, 7) is 1.34. The summed E-state index contributed by atoms with van der Waals surface area (Å²) in [7, 11) is 0. The molecular weight excluding hydrogens is 272 g/mol. The van der Waals surface area contributed by atoms with E-state index in [9.17, 15) is 20.0 Å². The van der Waals surface area contributed by atoms with Gasteiger partial charge in [-0.15, -0.1) is 0 Å². The first-order valence-corrected chi connectivity index (χ1v) is 7.23. The largest absolute Gasteiger partial charge is 0.393 e. The van der Waals surface area contributed by atoms with Gasteiger partial charge in [0.25, 0.3) is 5.69 Å². The van der Waals surface area contributed by atoms with Crippen LogP contribution in [-0.4, -0.2) is 34.0 Å². The Hall–Kier alpha value is -1.95. The van der Waals surface area contributed by atoms with Gasteiger partial charge in [-0.25, -0.2) is 0 Å². The van der Waals surface area contributed by atoms with E-state index in [0.717, 1.165) is 18.5 Å². The topological polar surface area (TPSA) is 83.7 Å². The third-order valence-corrected chi connectivity index (χ3v) is 4.56. The number of carbonyl (C=O) groups is 1. The smallest absolute Gasteiger partial charge is 0.282 e. The van der Waals surface area contributed by atoms with E-state index in [0.29, 0.717) is 12.8 Å². The van der Waals surface area contributed by atoms with Gasteiger partial charge >= 0.3 is 0 Å². The van der Waals surface area contributed by atoms with Crippen LogP contribution in [0.15, 0.2) is 18.2 Å². The van der Waals surface area contributed by atoms with Crippen LogP contribution in [0.5, 0.6) is 0 Å². The van der Waals surface area contributed by atoms with Crippen molar-refractivity contribution in [2.45, 2.75) is 50.8 Å². The minimum atomic E-state index is -0.499. The van der Waals surface area contributed by atoms with Crippen molar-refractivity contribution in [2.24, 2.45) is 0 Å². The molecule has 1 N–H and O–H groups in total. The monoisotopic (exact) mass is 290 g/mol. The average molecular weight is 290 g/mol.